The Labute approximate surface area is 91.7 Å². The van der Waals surface area contributed by atoms with E-state index in [9.17, 15) is 0 Å². The molecule has 3 heteroatoms. The Bertz CT molecular complexity index is 337. The molecule has 1 aliphatic carbocycles. The molecule has 1 unspecified atom stereocenters. The van der Waals surface area contributed by atoms with Crippen LogP contribution in [0.15, 0.2) is 6.07 Å². The Kier molecular flexibility index (Phi) is 2.83. The number of hydrogen-bond donors (Lipinski definition) is 1. The number of aromatic nitrogens is 2. The van der Waals surface area contributed by atoms with E-state index in [0.29, 0.717) is 11.8 Å². The Hall–Kier alpha value is -0.830. The summed E-state index contributed by atoms with van der Waals surface area (Å²) < 4.78 is 2.02. The highest BCUT2D eigenvalue weighted by molar-refractivity contribution is 5.19. The van der Waals surface area contributed by atoms with Gasteiger partial charge >= 0.3 is 0 Å². The summed E-state index contributed by atoms with van der Waals surface area (Å²) in [6.45, 7) is 5.11. The summed E-state index contributed by atoms with van der Waals surface area (Å²) in [5, 5.41) is 4.55. The lowest BCUT2D eigenvalue weighted by molar-refractivity contribution is 0.554. The number of rotatable bonds is 4. The molecule has 2 rings (SSSR count). The lowest BCUT2D eigenvalue weighted by Crippen LogP contribution is -2.17. The zero-order valence-corrected chi connectivity index (χ0v) is 9.90. The van der Waals surface area contributed by atoms with Crippen molar-refractivity contribution in [3.05, 3.63) is 17.5 Å². The maximum Gasteiger partial charge on any atom is 0.0652 e. The van der Waals surface area contributed by atoms with E-state index < -0.39 is 0 Å². The molecule has 3 nitrogen and oxygen atoms in total. The molecule has 2 N–H and O–H groups in total. The Morgan fingerprint density at radius 3 is 2.60 bits per heavy atom. The van der Waals surface area contributed by atoms with Crippen molar-refractivity contribution in [2.24, 2.45) is 18.7 Å². The van der Waals surface area contributed by atoms with Gasteiger partial charge in [-0.05, 0) is 30.7 Å². The highest BCUT2D eigenvalue weighted by Gasteiger charge is 2.33. The zero-order chi connectivity index (χ0) is 11.0. The average Bonchev–Trinajstić information content (AvgIpc) is 2.93. The summed E-state index contributed by atoms with van der Waals surface area (Å²) in [5.41, 5.74) is 8.37. The zero-order valence-electron chi connectivity index (χ0n) is 9.90. The van der Waals surface area contributed by atoms with E-state index in [1.165, 1.54) is 24.2 Å². The van der Waals surface area contributed by atoms with Gasteiger partial charge in [0.25, 0.3) is 0 Å². The standard InChI is InChI=1S/C12H21N3/c1-8(2)11-6-12(15(3)14-11)10(7-13)9-4-5-9/h6,8-10H,4-5,7,13H2,1-3H3. The van der Waals surface area contributed by atoms with Crippen molar-refractivity contribution in [2.75, 3.05) is 6.54 Å². The third-order valence-electron chi connectivity index (χ3n) is 3.35. The van der Waals surface area contributed by atoms with Gasteiger partial charge in [0.15, 0.2) is 0 Å². The van der Waals surface area contributed by atoms with Gasteiger partial charge in [0, 0.05) is 25.2 Å². The smallest absolute Gasteiger partial charge is 0.0652 e. The van der Waals surface area contributed by atoms with Crippen molar-refractivity contribution < 1.29 is 0 Å². The summed E-state index contributed by atoms with van der Waals surface area (Å²) in [6.07, 6.45) is 2.67. The van der Waals surface area contributed by atoms with Crippen LogP contribution in [0.3, 0.4) is 0 Å². The van der Waals surface area contributed by atoms with Gasteiger partial charge in [-0.3, -0.25) is 4.68 Å². The molecular weight excluding hydrogens is 186 g/mol. The van der Waals surface area contributed by atoms with Crippen molar-refractivity contribution in [3.8, 4) is 0 Å². The van der Waals surface area contributed by atoms with Gasteiger partial charge in [-0.25, -0.2) is 0 Å². The largest absolute Gasteiger partial charge is 0.330 e. The first-order chi connectivity index (χ1) is 7.13. The van der Waals surface area contributed by atoms with E-state index in [4.69, 9.17) is 5.73 Å². The lowest BCUT2D eigenvalue weighted by atomic mass is 9.98. The van der Waals surface area contributed by atoms with Crippen molar-refractivity contribution in [3.63, 3.8) is 0 Å². The summed E-state index contributed by atoms with van der Waals surface area (Å²) >= 11 is 0. The van der Waals surface area contributed by atoms with Crippen LogP contribution in [0.1, 0.15) is 49.9 Å². The highest BCUT2D eigenvalue weighted by Crippen LogP contribution is 2.42. The van der Waals surface area contributed by atoms with E-state index in [1.54, 1.807) is 0 Å². The quantitative estimate of drug-likeness (QED) is 0.820. The fraction of sp³-hybridized carbons (Fsp3) is 0.750. The van der Waals surface area contributed by atoms with E-state index in [0.717, 1.165) is 12.5 Å². The first kappa shape index (κ1) is 10.7. The first-order valence-corrected chi connectivity index (χ1v) is 5.87. The van der Waals surface area contributed by atoms with Crippen molar-refractivity contribution in [1.29, 1.82) is 0 Å². The van der Waals surface area contributed by atoms with Gasteiger partial charge in [-0.15, -0.1) is 0 Å². The van der Waals surface area contributed by atoms with Crippen molar-refractivity contribution in [1.82, 2.24) is 9.78 Å². The molecule has 0 bridgehead atoms. The highest BCUT2D eigenvalue weighted by atomic mass is 15.3. The predicted molar refractivity (Wildman–Crippen MR) is 61.8 cm³/mol. The number of aryl methyl sites for hydroxylation is 1. The van der Waals surface area contributed by atoms with Gasteiger partial charge in [0.2, 0.25) is 0 Å². The topological polar surface area (TPSA) is 43.8 Å². The van der Waals surface area contributed by atoms with Gasteiger partial charge in [0.05, 0.1) is 5.69 Å². The van der Waals surface area contributed by atoms with E-state index in [1.807, 2.05) is 11.7 Å². The molecule has 1 aliphatic rings. The lowest BCUT2D eigenvalue weighted by Gasteiger charge is -2.13. The molecule has 1 saturated carbocycles. The maximum absolute atomic E-state index is 5.86. The van der Waals surface area contributed by atoms with E-state index in [2.05, 4.69) is 25.0 Å². The molecule has 0 spiro atoms. The van der Waals surface area contributed by atoms with Gasteiger partial charge < -0.3 is 5.73 Å². The second-order valence-electron chi connectivity index (χ2n) is 4.95. The monoisotopic (exact) mass is 207 g/mol. The third kappa shape index (κ3) is 2.07. The minimum atomic E-state index is 0.502. The molecule has 0 amide bonds. The SMILES string of the molecule is CC(C)c1cc(C(CN)C2CC2)n(C)n1. The second kappa shape index (κ2) is 3.97. The van der Waals surface area contributed by atoms with Crippen LogP contribution in [0.5, 0.6) is 0 Å². The van der Waals surface area contributed by atoms with Crippen LogP contribution in [0, 0.1) is 5.92 Å². The Morgan fingerprint density at radius 1 is 1.53 bits per heavy atom. The first-order valence-electron chi connectivity index (χ1n) is 5.87. The molecule has 84 valence electrons. The van der Waals surface area contributed by atoms with Crippen LogP contribution < -0.4 is 5.73 Å². The Balaban J connectivity index is 2.25. The molecular formula is C12H21N3. The molecule has 1 heterocycles. The molecule has 1 fully saturated rings. The van der Waals surface area contributed by atoms with Crippen LogP contribution in [0.4, 0.5) is 0 Å². The third-order valence-corrected chi connectivity index (χ3v) is 3.35. The van der Waals surface area contributed by atoms with Crippen LogP contribution in [0.25, 0.3) is 0 Å². The average molecular weight is 207 g/mol. The summed E-state index contributed by atoms with van der Waals surface area (Å²) in [7, 11) is 2.03. The van der Waals surface area contributed by atoms with E-state index in [-0.39, 0.29) is 0 Å². The van der Waals surface area contributed by atoms with Gasteiger partial charge in [-0.1, -0.05) is 13.8 Å². The van der Waals surface area contributed by atoms with Crippen molar-refractivity contribution >= 4 is 0 Å². The molecule has 1 aromatic heterocycles. The Morgan fingerprint density at radius 2 is 2.20 bits per heavy atom. The molecule has 1 aromatic rings. The van der Waals surface area contributed by atoms with Crippen LogP contribution in [-0.4, -0.2) is 16.3 Å². The molecule has 1 atom stereocenters. The minimum Gasteiger partial charge on any atom is -0.330 e. The molecule has 15 heavy (non-hydrogen) atoms. The molecule has 0 aromatic carbocycles. The predicted octanol–water partition coefficient (Wildman–Crippen LogP) is 2.00. The number of nitrogens with two attached hydrogens (primary N) is 1. The molecule has 0 aliphatic heterocycles. The number of hydrogen-bond acceptors (Lipinski definition) is 2. The summed E-state index contributed by atoms with van der Waals surface area (Å²) in [5.74, 6) is 1.84. The van der Waals surface area contributed by atoms with E-state index >= 15 is 0 Å². The molecule has 0 radical (unpaired) electrons. The maximum atomic E-state index is 5.86. The van der Waals surface area contributed by atoms with Crippen LogP contribution >= 0.6 is 0 Å². The minimum absolute atomic E-state index is 0.502. The van der Waals surface area contributed by atoms with Crippen LogP contribution in [0.2, 0.25) is 0 Å². The molecule has 0 saturated heterocycles. The van der Waals surface area contributed by atoms with Gasteiger partial charge in [0.1, 0.15) is 0 Å². The van der Waals surface area contributed by atoms with Crippen molar-refractivity contribution in [2.45, 2.75) is 38.5 Å². The fourth-order valence-electron chi connectivity index (χ4n) is 2.19. The van der Waals surface area contributed by atoms with Gasteiger partial charge in [-0.2, -0.15) is 5.10 Å². The second-order valence-corrected chi connectivity index (χ2v) is 4.95. The normalized spacial score (nSPS) is 18.5. The van der Waals surface area contributed by atoms with Crippen LogP contribution in [-0.2, 0) is 7.05 Å². The number of nitrogens with zero attached hydrogens (tertiary/aromatic N) is 2. The summed E-state index contributed by atoms with van der Waals surface area (Å²) in [6, 6.07) is 2.24. The fourth-order valence-corrected chi connectivity index (χ4v) is 2.19. The summed E-state index contributed by atoms with van der Waals surface area (Å²) in [4.78, 5) is 0.